The molecular weight excluding hydrogens is 249 g/mol. The summed E-state index contributed by atoms with van der Waals surface area (Å²) in [6, 6.07) is 4.44. The molecule has 0 radical (unpaired) electrons. The highest BCUT2D eigenvalue weighted by Crippen LogP contribution is 2.28. The highest BCUT2D eigenvalue weighted by Gasteiger charge is 2.21. The first kappa shape index (κ1) is 14.1. The highest BCUT2D eigenvalue weighted by atomic mass is 19.1. The SMILES string of the molecule is COc1ccc(F)c(NCC(O)COCC2CC2)c1. The van der Waals surface area contributed by atoms with Gasteiger partial charge in [-0.3, -0.25) is 0 Å². The zero-order chi connectivity index (χ0) is 13.7. The minimum Gasteiger partial charge on any atom is -0.497 e. The summed E-state index contributed by atoms with van der Waals surface area (Å²) in [5.74, 6) is 0.881. The van der Waals surface area contributed by atoms with Crippen molar-refractivity contribution in [3.8, 4) is 5.75 Å². The van der Waals surface area contributed by atoms with Crippen molar-refractivity contribution in [2.75, 3.05) is 32.2 Å². The Morgan fingerprint density at radius 1 is 1.47 bits per heavy atom. The van der Waals surface area contributed by atoms with Crippen LogP contribution < -0.4 is 10.1 Å². The van der Waals surface area contributed by atoms with Gasteiger partial charge in [0.1, 0.15) is 11.6 Å². The molecule has 1 aliphatic carbocycles. The zero-order valence-electron chi connectivity index (χ0n) is 11.1. The molecular formula is C14H20FNO3. The summed E-state index contributed by atoms with van der Waals surface area (Å²) in [6.07, 6.45) is 1.80. The highest BCUT2D eigenvalue weighted by molar-refractivity contribution is 5.49. The van der Waals surface area contributed by atoms with E-state index in [0.717, 1.165) is 0 Å². The molecule has 2 rings (SSSR count). The molecule has 0 aromatic heterocycles. The number of ether oxygens (including phenoxy) is 2. The Labute approximate surface area is 112 Å². The molecule has 0 spiro atoms. The number of anilines is 1. The van der Waals surface area contributed by atoms with E-state index >= 15 is 0 Å². The monoisotopic (exact) mass is 269 g/mol. The van der Waals surface area contributed by atoms with E-state index < -0.39 is 6.10 Å². The number of rotatable bonds is 8. The molecule has 1 unspecified atom stereocenters. The maximum absolute atomic E-state index is 13.5. The second-order valence-corrected chi connectivity index (χ2v) is 4.86. The number of benzene rings is 1. The first-order chi connectivity index (χ1) is 9.19. The molecule has 2 N–H and O–H groups in total. The van der Waals surface area contributed by atoms with Crippen molar-refractivity contribution in [3.05, 3.63) is 24.0 Å². The lowest BCUT2D eigenvalue weighted by molar-refractivity contribution is 0.0386. The number of halogens is 1. The van der Waals surface area contributed by atoms with Gasteiger partial charge in [-0.25, -0.2) is 4.39 Å². The lowest BCUT2D eigenvalue weighted by Gasteiger charge is -2.14. The van der Waals surface area contributed by atoms with E-state index in [4.69, 9.17) is 9.47 Å². The van der Waals surface area contributed by atoms with Crippen molar-refractivity contribution in [3.63, 3.8) is 0 Å². The van der Waals surface area contributed by atoms with E-state index in [-0.39, 0.29) is 19.0 Å². The summed E-state index contributed by atoms with van der Waals surface area (Å²) < 4.78 is 23.9. The summed E-state index contributed by atoms with van der Waals surface area (Å²) in [5.41, 5.74) is 0.320. The number of nitrogens with one attached hydrogen (secondary N) is 1. The Morgan fingerprint density at radius 2 is 2.26 bits per heavy atom. The Hall–Kier alpha value is -1.33. The molecule has 0 aliphatic heterocycles. The fraction of sp³-hybridized carbons (Fsp3) is 0.571. The zero-order valence-corrected chi connectivity index (χ0v) is 11.1. The van der Waals surface area contributed by atoms with Crippen molar-refractivity contribution < 1.29 is 19.0 Å². The molecule has 19 heavy (non-hydrogen) atoms. The predicted octanol–water partition coefficient (Wildman–Crippen LogP) is 2.03. The Balaban J connectivity index is 1.73. The van der Waals surface area contributed by atoms with E-state index in [0.29, 0.717) is 24.0 Å². The van der Waals surface area contributed by atoms with Gasteiger partial charge in [0.05, 0.1) is 25.5 Å². The van der Waals surface area contributed by atoms with Crippen LogP contribution in [0, 0.1) is 11.7 Å². The molecule has 0 amide bonds. The van der Waals surface area contributed by atoms with Crippen LogP contribution in [-0.4, -0.2) is 38.1 Å². The molecule has 0 saturated heterocycles. The molecule has 0 heterocycles. The molecule has 1 aromatic rings. The summed E-state index contributed by atoms with van der Waals surface area (Å²) in [4.78, 5) is 0. The van der Waals surface area contributed by atoms with Crippen LogP contribution in [0.3, 0.4) is 0 Å². The van der Waals surface area contributed by atoms with Crippen molar-refractivity contribution in [1.29, 1.82) is 0 Å². The molecule has 1 fully saturated rings. The Kier molecular flexibility index (Phi) is 4.99. The fourth-order valence-corrected chi connectivity index (χ4v) is 1.71. The third-order valence-corrected chi connectivity index (χ3v) is 3.06. The van der Waals surface area contributed by atoms with Crippen LogP contribution in [0.25, 0.3) is 0 Å². The fourth-order valence-electron chi connectivity index (χ4n) is 1.71. The number of aliphatic hydroxyl groups is 1. The number of methoxy groups -OCH3 is 1. The molecule has 4 nitrogen and oxygen atoms in total. The van der Waals surface area contributed by atoms with Crippen molar-refractivity contribution in [1.82, 2.24) is 0 Å². The summed E-state index contributed by atoms with van der Waals surface area (Å²) in [7, 11) is 1.53. The molecule has 0 bridgehead atoms. The van der Waals surface area contributed by atoms with E-state index in [1.165, 1.54) is 26.0 Å². The topological polar surface area (TPSA) is 50.7 Å². The van der Waals surface area contributed by atoms with Gasteiger partial charge in [-0.15, -0.1) is 0 Å². The predicted molar refractivity (Wildman–Crippen MR) is 71.0 cm³/mol. The normalized spacial score (nSPS) is 16.2. The number of aliphatic hydroxyl groups excluding tert-OH is 1. The van der Waals surface area contributed by atoms with Gasteiger partial charge >= 0.3 is 0 Å². The van der Waals surface area contributed by atoms with Crippen LogP contribution in [0.2, 0.25) is 0 Å². The van der Waals surface area contributed by atoms with Crippen molar-refractivity contribution in [2.24, 2.45) is 5.92 Å². The molecule has 5 heteroatoms. The van der Waals surface area contributed by atoms with Gasteiger partial charge in [-0.1, -0.05) is 0 Å². The standard InChI is InChI=1S/C14H20FNO3/c1-18-12-4-5-13(15)14(6-12)16-7-11(17)9-19-8-10-2-3-10/h4-6,10-11,16-17H,2-3,7-9H2,1H3. The van der Waals surface area contributed by atoms with Crippen LogP contribution in [0.1, 0.15) is 12.8 Å². The number of hydrogen-bond donors (Lipinski definition) is 2. The third-order valence-electron chi connectivity index (χ3n) is 3.06. The van der Waals surface area contributed by atoms with Gasteiger partial charge in [0.25, 0.3) is 0 Å². The maximum atomic E-state index is 13.5. The summed E-state index contributed by atoms with van der Waals surface area (Å²) in [5, 5.41) is 12.6. The van der Waals surface area contributed by atoms with Gasteiger partial charge in [-0.05, 0) is 30.9 Å². The van der Waals surface area contributed by atoms with Gasteiger partial charge in [0.2, 0.25) is 0 Å². The van der Waals surface area contributed by atoms with E-state index in [2.05, 4.69) is 5.32 Å². The van der Waals surface area contributed by atoms with E-state index in [1.807, 2.05) is 0 Å². The first-order valence-electron chi connectivity index (χ1n) is 6.52. The quantitative estimate of drug-likeness (QED) is 0.758. The van der Waals surface area contributed by atoms with Crippen LogP contribution in [0.15, 0.2) is 18.2 Å². The average Bonchev–Trinajstić information content (AvgIpc) is 3.22. The average molecular weight is 269 g/mol. The molecule has 1 aromatic carbocycles. The van der Waals surface area contributed by atoms with Gasteiger partial charge in [-0.2, -0.15) is 0 Å². The maximum Gasteiger partial charge on any atom is 0.146 e. The second kappa shape index (κ2) is 6.73. The Morgan fingerprint density at radius 3 is 2.95 bits per heavy atom. The number of hydrogen-bond acceptors (Lipinski definition) is 4. The smallest absolute Gasteiger partial charge is 0.146 e. The van der Waals surface area contributed by atoms with Gasteiger partial charge in [0.15, 0.2) is 0 Å². The molecule has 106 valence electrons. The first-order valence-corrected chi connectivity index (χ1v) is 6.52. The third kappa shape index (κ3) is 4.69. The summed E-state index contributed by atoms with van der Waals surface area (Å²) >= 11 is 0. The van der Waals surface area contributed by atoms with Crippen LogP contribution in [0.5, 0.6) is 5.75 Å². The van der Waals surface area contributed by atoms with Crippen LogP contribution in [0.4, 0.5) is 10.1 Å². The molecule has 1 aliphatic rings. The second-order valence-electron chi connectivity index (χ2n) is 4.86. The summed E-state index contributed by atoms with van der Waals surface area (Å²) in [6.45, 7) is 1.23. The largest absolute Gasteiger partial charge is 0.497 e. The van der Waals surface area contributed by atoms with Crippen LogP contribution >= 0.6 is 0 Å². The van der Waals surface area contributed by atoms with E-state index in [9.17, 15) is 9.50 Å². The minimum atomic E-state index is -0.649. The Bertz CT molecular complexity index is 410. The van der Waals surface area contributed by atoms with Crippen LogP contribution in [-0.2, 0) is 4.74 Å². The molecule has 1 atom stereocenters. The van der Waals surface area contributed by atoms with Gasteiger partial charge < -0.3 is 19.9 Å². The minimum absolute atomic E-state index is 0.245. The lowest BCUT2D eigenvalue weighted by atomic mass is 10.2. The molecule has 1 saturated carbocycles. The van der Waals surface area contributed by atoms with Crippen molar-refractivity contribution >= 4 is 5.69 Å². The van der Waals surface area contributed by atoms with E-state index in [1.54, 1.807) is 12.1 Å². The van der Waals surface area contributed by atoms with Crippen molar-refractivity contribution in [2.45, 2.75) is 18.9 Å². The van der Waals surface area contributed by atoms with Gasteiger partial charge in [0, 0.05) is 19.2 Å². The lowest BCUT2D eigenvalue weighted by Crippen LogP contribution is -2.25.